The smallest absolute Gasteiger partial charge is 0.228 e. The van der Waals surface area contributed by atoms with Gasteiger partial charge in [0.05, 0.1) is 10.7 Å². The number of para-hydroxylation sites is 1. The van der Waals surface area contributed by atoms with Crippen LogP contribution in [0.25, 0.3) is 0 Å². The van der Waals surface area contributed by atoms with Gasteiger partial charge in [0.1, 0.15) is 0 Å². The lowest BCUT2D eigenvalue weighted by Crippen LogP contribution is -2.24. The molecule has 1 aliphatic heterocycles. The van der Waals surface area contributed by atoms with E-state index in [1.807, 2.05) is 0 Å². The Morgan fingerprint density at radius 1 is 1.53 bits per heavy atom. The summed E-state index contributed by atoms with van der Waals surface area (Å²) in [6, 6.07) is 4.99. The van der Waals surface area contributed by atoms with Crippen LogP contribution in [0.15, 0.2) is 18.2 Å². The van der Waals surface area contributed by atoms with E-state index in [0.717, 1.165) is 0 Å². The fourth-order valence-corrected chi connectivity index (χ4v) is 2.35. The number of phenols is 1. The first-order valence-corrected chi connectivity index (χ1v) is 5.81. The summed E-state index contributed by atoms with van der Waals surface area (Å²) in [5, 5.41) is 9.98. The molecule has 0 spiro atoms. The van der Waals surface area contributed by atoms with Gasteiger partial charge in [0.2, 0.25) is 5.91 Å². The predicted molar refractivity (Wildman–Crippen MR) is 62.8 cm³/mol. The molecule has 3 nitrogen and oxygen atoms in total. The highest BCUT2D eigenvalue weighted by atomic mass is 79.9. The third-order valence-corrected chi connectivity index (χ3v) is 3.25. The molecule has 1 aromatic rings. The van der Waals surface area contributed by atoms with Crippen LogP contribution in [-0.2, 0) is 4.79 Å². The maximum atomic E-state index is 11.6. The molecule has 1 heterocycles. The Labute approximate surface area is 101 Å². The summed E-state index contributed by atoms with van der Waals surface area (Å²) >= 11 is 9.16. The normalized spacial score (nSPS) is 21.1. The number of carbonyl (C=O) groups excluding carboxylic acids is 1. The van der Waals surface area contributed by atoms with Gasteiger partial charge >= 0.3 is 0 Å². The minimum Gasteiger partial charge on any atom is -0.504 e. The number of benzene rings is 1. The molecule has 1 aromatic carbocycles. The summed E-state index contributed by atoms with van der Waals surface area (Å²) in [7, 11) is 0. The van der Waals surface area contributed by atoms with Crippen LogP contribution < -0.4 is 4.90 Å². The van der Waals surface area contributed by atoms with Crippen molar-refractivity contribution in [2.75, 3.05) is 11.4 Å². The molecule has 5 heteroatoms. The molecule has 1 saturated heterocycles. The second kappa shape index (κ2) is 4.02. The van der Waals surface area contributed by atoms with Gasteiger partial charge in [0, 0.05) is 17.8 Å². The number of hydrogen-bond acceptors (Lipinski definition) is 2. The number of halogens is 2. The van der Waals surface area contributed by atoms with Crippen LogP contribution >= 0.6 is 27.5 Å². The van der Waals surface area contributed by atoms with E-state index in [4.69, 9.17) is 11.6 Å². The van der Waals surface area contributed by atoms with Gasteiger partial charge in [-0.25, -0.2) is 0 Å². The Bertz CT molecular complexity index is 410. The zero-order valence-electron chi connectivity index (χ0n) is 7.78. The van der Waals surface area contributed by atoms with Crippen molar-refractivity contribution >= 4 is 39.1 Å². The molecular formula is C10H9BrClNO2. The van der Waals surface area contributed by atoms with Crippen LogP contribution in [0.1, 0.15) is 6.42 Å². The molecule has 0 aromatic heterocycles. The first-order chi connectivity index (χ1) is 7.09. The molecule has 0 radical (unpaired) electrons. The summed E-state index contributed by atoms with van der Waals surface area (Å²) in [6.07, 6.45) is 0.450. The first-order valence-electron chi connectivity index (χ1n) is 4.51. The highest BCUT2D eigenvalue weighted by molar-refractivity contribution is 9.09. The minimum atomic E-state index is -0.0332. The molecule has 15 heavy (non-hydrogen) atoms. The molecule has 80 valence electrons. The van der Waals surface area contributed by atoms with Crippen molar-refractivity contribution < 1.29 is 9.90 Å². The van der Waals surface area contributed by atoms with E-state index >= 15 is 0 Å². The van der Waals surface area contributed by atoms with E-state index < -0.39 is 0 Å². The van der Waals surface area contributed by atoms with Crippen LogP contribution in [0.2, 0.25) is 5.02 Å². The van der Waals surface area contributed by atoms with Gasteiger partial charge in [-0.15, -0.1) is 0 Å². The van der Waals surface area contributed by atoms with Crippen LogP contribution in [-0.4, -0.2) is 22.4 Å². The lowest BCUT2D eigenvalue weighted by molar-refractivity contribution is -0.117. The second-order valence-corrected chi connectivity index (χ2v) is 5.12. The highest BCUT2D eigenvalue weighted by Gasteiger charge is 2.30. The predicted octanol–water partition coefficient (Wildman–Crippen LogP) is 2.55. The standard InChI is InChI=1S/C10H9BrClNO2/c11-6-4-9(14)13(5-6)8-3-1-2-7(12)10(8)15/h1-3,6,15H,4-5H2. The van der Waals surface area contributed by atoms with E-state index in [1.165, 1.54) is 0 Å². The molecular weight excluding hydrogens is 281 g/mol. The Hall–Kier alpha value is -0.740. The van der Waals surface area contributed by atoms with Crippen molar-refractivity contribution in [2.24, 2.45) is 0 Å². The van der Waals surface area contributed by atoms with Gasteiger partial charge in [-0.1, -0.05) is 33.6 Å². The second-order valence-electron chi connectivity index (χ2n) is 3.41. The van der Waals surface area contributed by atoms with Crippen molar-refractivity contribution in [1.82, 2.24) is 0 Å². The van der Waals surface area contributed by atoms with Crippen molar-refractivity contribution in [3.63, 3.8) is 0 Å². The van der Waals surface area contributed by atoms with Gasteiger partial charge < -0.3 is 10.0 Å². The Morgan fingerprint density at radius 2 is 2.27 bits per heavy atom. The van der Waals surface area contributed by atoms with E-state index in [2.05, 4.69) is 15.9 Å². The summed E-state index contributed by atoms with van der Waals surface area (Å²) in [5.74, 6) is -0.0384. The summed E-state index contributed by atoms with van der Waals surface area (Å²) in [5.41, 5.74) is 0.481. The Morgan fingerprint density at radius 3 is 2.87 bits per heavy atom. The van der Waals surface area contributed by atoms with E-state index in [9.17, 15) is 9.90 Å². The minimum absolute atomic E-state index is 0.00515. The number of nitrogens with zero attached hydrogens (tertiary/aromatic N) is 1. The molecule has 0 saturated carbocycles. The summed E-state index contributed by atoms with van der Waals surface area (Å²) in [6.45, 7) is 0.562. The lowest BCUT2D eigenvalue weighted by Gasteiger charge is -2.17. The highest BCUT2D eigenvalue weighted by Crippen LogP contribution is 2.36. The number of rotatable bonds is 1. The number of anilines is 1. The van der Waals surface area contributed by atoms with E-state index in [0.29, 0.717) is 18.7 Å². The number of amides is 1. The lowest BCUT2D eigenvalue weighted by atomic mass is 10.2. The zero-order valence-corrected chi connectivity index (χ0v) is 10.1. The van der Waals surface area contributed by atoms with Crippen LogP contribution in [0, 0.1) is 0 Å². The number of aromatic hydroxyl groups is 1. The van der Waals surface area contributed by atoms with Crippen LogP contribution in [0.4, 0.5) is 5.69 Å². The third kappa shape index (κ3) is 1.96. The fourth-order valence-electron chi connectivity index (χ4n) is 1.62. The number of phenolic OH excluding ortho intramolecular Hbond substituents is 1. The maximum Gasteiger partial charge on any atom is 0.228 e. The summed E-state index contributed by atoms with van der Waals surface area (Å²) < 4.78 is 0. The molecule has 1 unspecified atom stereocenters. The van der Waals surface area contributed by atoms with Gasteiger partial charge in [0.25, 0.3) is 0 Å². The van der Waals surface area contributed by atoms with E-state index in [-0.39, 0.29) is 21.5 Å². The van der Waals surface area contributed by atoms with Crippen molar-refractivity contribution in [3.05, 3.63) is 23.2 Å². The number of carbonyl (C=O) groups is 1. The van der Waals surface area contributed by atoms with Crippen molar-refractivity contribution in [2.45, 2.75) is 11.2 Å². The van der Waals surface area contributed by atoms with Crippen molar-refractivity contribution in [3.8, 4) is 5.75 Å². The molecule has 1 fully saturated rings. The quantitative estimate of drug-likeness (QED) is 0.808. The zero-order chi connectivity index (χ0) is 11.0. The molecule has 0 bridgehead atoms. The average molecular weight is 291 g/mol. The molecule has 1 aliphatic rings. The molecule has 1 N–H and O–H groups in total. The maximum absolute atomic E-state index is 11.6. The van der Waals surface area contributed by atoms with Crippen LogP contribution in [0.5, 0.6) is 5.75 Å². The number of alkyl halides is 1. The van der Waals surface area contributed by atoms with Crippen LogP contribution in [0.3, 0.4) is 0 Å². The SMILES string of the molecule is O=C1CC(Br)CN1c1cccc(Cl)c1O. The average Bonchev–Trinajstić information content (AvgIpc) is 2.50. The molecule has 1 amide bonds. The first kappa shape index (κ1) is 10.8. The monoisotopic (exact) mass is 289 g/mol. The van der Waals surface area contributed by atoms with Gasteiger partial charge in [-0.05, 0) is 12.1 Å². The van der Waals surface area contributed by atoms with Gasteiger partial charge in [-0.3, -0.25) is 4.79 Å². The largest absolute Gasteiger partial charge is 0.504 e. The molecule has 1 atom stereocenters. The topological polar surface area (TPSA) is 40.5 Å². The van der Waals surface area contributed by atoms with Gasteiger partial charge in [-0.2, -0.15) is 0 Å². The van der Waals surface area contributed by atoms with Gasteiger partial charge in [0.15, 0.2) is 5.75 Å². The molecule has 0 aliphatic carbocycles. The number of hydrogen-bond donors (Lipinski definition) is 1. The van der Waals surface area contributed by atoms with E-state index in [1.54, 1.807) is 23.1 Å². The third-order valence-electron chi connectivity index (χ3n) is 2.33. The van der Waals surface area contributed by atoms with Crippen molar-refractivity contribution in [1.29, 1.82) is 0 Å². The fraction of sp³-hybridized carbons (Fsp3) is 0.300. The summed E-state index contributed by atoms with van der Waals surface area (Å²) in [4.78, 5) is 13.3. The Balaban J connectivity index is 2.38. The molecule has 2 rings (SSSR count). The Kier molecular flexibility index (Phi) is 2.89.